The standard InChI is InChI=1S/C10H15N3O3/c1-10(4-5-16-6-10)9-11-7(12-13-9)2-3-8(14)15/h2-6H2,1H3,(H,14,15)(H,11,12,13). The molecule has 1 aromatic heterocycles. The van der Waals surface area contributed by atoms with Gasteiger partial charge in [-0.3, -0.25) is 9.89 Å². The zero-order valence-corrected chi connectivity index (χ0v) is 9.19. The van der Waals surface area contributed by atoms with Crippen molar-refractivity contribution in [3.05, 3.63) is 11.6 Å². The average molecular weight is 225 g/mol. The summed E-state index contributed by atoms with van der Waals surface area (Å²) in [6.45, 7) is 3.42. The highest BCUT2D eigenvalue weighted by molar-refractivity contribution is 5.66. The smallest absolute Gasteiger partial charge is 0.303 e. The maximum absolute atomic E-state index is 10.4. The molecule has 0 bridgehead atoms. The molecule has 1 unspecified atom stereocenters. The van der Waals surface area contributed by atoms with Crippen LogP contribution in [-0.2, 0) is 21.4 Å². The summed E-state index contributed by atoms with van der Waals surface area (Å²) in [7, 11) is 0. The molecule has 2 heterocycles. The van der Waals surface area contributed by atoms with Crippen molar-refractivity contribution in [2.75, 3.05) is 13.2 Å². The molecule has 1 fully saturated rings. The highest BCUT2D eigenvalue weighted by Gasteiger charge is 2.35. The first-order valence-corrected chi connectivity index (χ1v) is 5.31. The number of aryl methyl sites for hydroxylation is 1. The molecule has 0 spiro atoms. The number of carboxylic acid groups (broad SMARTS) is 1. The van der Waals surface area contributed by atoms with Gasteiger partial charge in [0.05, 0.1) is 18.4 Å². The van der Waals surface area contributed by atoms with Crippen LogP contribution in [0.2, 0.25) is 0 Å². The third-order valence-electron chi connectivity index (χ3n) is 2.87. The number of carboxylic acids is 1. The SMILES string of the molecule is CC1(c2n[nH]c(CCC(=O)O)n2)CCOC1. The van der Waals surface area contributed by atoms with Crippen LogP contribution in [0.15, 0.2) is 0 Å². The Labute approximate surface area is 93.0 Å². The largest absolute Gasteiger partial charge is 0.481 e. The molecule has 0 aliphatic carbocycles. The minimum atomic E-state index is -0.826. The number of aliphatic carboxylic acids is 1. The fourth-order valence-corrected chi connectivity index (χ4v) is 1.75. The van der Waals surface area contributed by atoms with Crippen molar-refractivity contribution in [2.24, 2.45) is 0 Å². The van der Waals surface area contributed by atoms with E-state index in [4.69, 9.17) is 9.84 Å². The molecule has 1 aliphatic rings. The quantitative estimate of drug-likeness (QED) is 0.779. The van der Waals surface area contributed by atoms with Gasteiger partial charge in [-0.2, -0.15) is 5.10 Å². The number of aromatic nitrogens is 3. The van der Waals surface area contributed by atoms with Crippen molar-refractivity contribution in [3.8, 4) is 0 Å². The van der Waals surface area contributed by atoms with E-state index < -0.39 is 5.97 Å². The van der Waals surface area contributed by atoms with Gasteiger partial charge in [0.25, 0.3) is 0 Å². The van der Waals surface area contributed by atoms with Gasteiger partial charge in [0.15, 0.2) is 5.82 Å². The van der Waals surface area contributed by atoms with Crippen LogP contribution < -0.4 is 0 Å². The van der Waals surface area contributed by atoms with Crippen molar-refractivity contribution >= 4 is 5.97 Å². The summed E-state index contributed by atoms with van der Waals surface area (Å²) in [5.41, 5.74) is -0.127. The second kappa shape index (κ2) is 4.21. The number of carbonyl (C=O) groups is 1. The van der Waals surface area contributed by atoms with E-state index >= 15 is 0 Å². The minimum absolute atomic E-state index is 0.0713. The Balaban J connectivity index is 2.04. The number of hydrogen-bond donors (Lipinski definition) is 2. The van der Waals surface area contributed by atoms with Gasteiger partial charge in [-0.25, -0.2) is 4.98 Å². The number of H-pyrrole nitrogens is 1. The summed E-state index contributed by atoms with van der Waals surface area (Å²) < 4.78 is 5.33. The second-order valence-electron chi connectivity index (χ2n) is 4.36. The summed E-state index contributed by atoms with van der Waals surface area (Å²) in [5, 5.41) is 15.5. The third kappa shape index (κ3) is 2.21. The molecule has 0 amide bonds. The zero-order valence-electron chi connectivity index (χ0n) is 9.19. The van der Waals surface area contributed by atoms with Crippen LogP contribution in [0.1, 0.15) is 31.4 Å². The number of hydrogen-bond acceptors (Lipinski definition) is 4. The van der Waals surface area contributed by atoms with Crippen LogP contribution >= 0.6 is 0 Å². The topological polar surface area (TPSA) is 88.1 Å². The Morgan fingerprint density at radius 1 is 1.69 bits per heavy atom. The Morgan fingerprint density at radius 3 is 3.12 bits per heavy atom. The van der Waals surface area contributed by atoms with Crippen molar-refractivity contribution in [2.45, 2.75) is 31.6 Å². The van der Waals surface area contributed by atoms with E-state index in [0.717, 1.165) is 18.9 Å². The van der Waals surface area contributed by atoms with Crippen LogP contribution in [0.4, 0.5) is 0 Å². The van der Waals surface area contributed by atoms with Crippen molar-refractivity contribution in [1.29, 1.82) is 0 Å². The van der Waals surface area contributed by atoms with Gasteiger partial charge in [-0.15, -0.1) is 0 Å². The lowest BCUT2D eigenvalue weighted by Crippen LogP contribution is -2.23. The number of nitrogens with zero attached hydrogens (tertiary/aromatic N) is 2. The fraction of sp³-hybridized carbons (Fsp3) is 0.700. The lowest BCUT2D eigenvalue weighted by atomic mass is 9.89. The van der Waals surface area contributed by atoms with Crippen LogP contribution in [-0.4, -0.2) is 39.5 Å². The molecule has 0 saturated carbocycles. The van der Waals surface area contributed by atoms with E-state index in [1.807, 2.05) is 0 Å². The molecule has 1 aromatic rings. The van der Waals surface area contributed by atoms with Gasteiger partial charge in [-0.1, -0.05) is 6.92 Å². The highest BCUT2D eigenvalue weighted by atomic mass is 16.5. The molecule has 1 saturated heterocycles. The monoisotopic (exact) mass is 225 g/mol. The average Bonchev–Trinajstić information content (AvgIpc) is 2.84. The van der Waals surface area contributed by atoms with Gasteiger partial charge < -0.3 is 9.84 Å². The predicted octanol–water partition coefficient (Wildman–Crippen LogP) is 0.500. The first-order chi connectivity index (χ1) is 7.60. The van der Waals surface area contributed by atoms with Gasteiger partial charge in [0.1, 0.15) is 5.82 Å². The Bertz CT molecular complexity index is 382. The van der Waals surface area contributed by atoms with E-state index in [0.29, 0.717) is 18.9 Å². The zero-order chi connectivity index (χ0) is 11.6. The fourth-order valence-electron chi connectivity index (χ4n) is 1.75. The van der Waals surface area contributed by atoms with Crippen molar-refractivity contribution < 1.29 is 14.6 Å². The van der Waals surface area contributed by atoms with E-state index in [9.17, 15) is 4.79 Å². The van der Waals surface area contributed by atoms with Crippen LogP contribution in [0.3, 0.4) is 0 Å². The lowest BCUT2D eigenvalue weighted by molar-refractivity contribution is -0.137. The minimum Gasteiger partial charge on any atom is -0.481 e. The molecule has 2 rings (SSSR count). The van der Waals surface area contributed by atoms with Crippen LogP contribution in [0.5, 0.6) is 0 Å². The van der Waals surface area contributed by atoms with Crippen LogP contribution in [0.25, 0.3) is 0 Å². The molecule has 88 valence electrons. The number of aromatic amines is 1. The Hall–Kier alpha value is -1.43. The van der Waals surface area contributed by atoms with Crippen LogP contribution in [0, 0.1) is 0 Å². The lowest BCUT2D eigenvalue weighted by Gasteiger charge is -2.16. The highest BCUT2D eigenvalue weighted by Crippen LogP contribution is 2.29. The van der Waals surface area contributed by atoms with E-state index in [1.165, 1.54) is 0 Å². The molecule has 6 nitrogen and oxygen atoms in total. The molecule has 0 radical (unpaired) electrons. The molecule has 6 heteroatoms. The second-order valence-corrected chi connectivity index (χ2v) is 4.36. The molecular formula is C10H15N3O3. The van der Waals surface area contributed by atoms with E-state index in [2.05, 4.69) is 22.1 Å². The third-order valence-corrected chi connectivity index (χ3v) is 2.87. The van der Waals surface area contributed by atoms with Gasteiger partial charge in [-0.05, 0) is 6.42 Å². The van der Waals surface area contributed by atoms with E-state index in [-0.39, 0.29) is 11.8 Å². The van der Waals surface area contributed by atoms with Gasteiger partial charge >= 0.3 is 5.97 Å². The van der Waals surface area contributed by atoms with E-state index in [1.54, 1.807) is 0 Å². The first kappa shape index (κ1) is 11.1. The first-order valence-electron chi connectivity index (χ1n) is 5.31. The maximum atomic E-state index is 10.4. The Morgan fingerprint density at radius 2 is 2.50 bits per heavy atom. The molecule has 16 heavy (non-hydrogen) atoms. The summed E-state index contributed by atoms with van der Waals surface area (Å²) in [6, 6.07) is 0. The summed E-state index contributed by atoms with van der Waals surface area (Å²) in [4.78, 5) is 14.7. The van der Waals surface area contributed by atoms with Crippen molar-refractivity contribution in [1.82, 2.24) is 15.2 Å². The van der Waals surface area contributed by atoms with Gasteiger partial charge in [0, 0.05) is 13.0 Å². The van der Waals surface area contributed by atoms with Gasteiger partial charge in [0.2, 0.25) is 0 Å². The molecule has 1 aliphatic heterocycles. The number of nitrogens with one attached hydrogen (secondary N) is 1. The molecular weight excluding hydrogens is 210 g/mol. The summed E-state index contributed by atoms with van der Waals surface area (Å²) in [6.07, 6.45) is 1.37. The Kier molecular flexibility index (Phi) is 2.91. The normalized spacial score (nSPS) is 24.8. The van der Waals surface area contributed by atoms with Crippen molar-refractivity contribution in [3.63, 3.8) is 0 Å². The summed E-state index contributed by atoms with van der Waals surface area (Å²) >= 11 is 0. The number of rotatable bonds is 4. The predicted molar refractivity (Wildman–Crippen MR) is 55.1 cm³/mol. The number of ether oxygens (including phenoxy) is 1. The maximum Gasteiger partial charge on any atom is 0.303 e. The molecule has 2 N–H and O–H groups in total. The summed E-state index contributed by atoms with van der Waals surface area (Å²) in [5.74, 6) is 0.532. The molecule has 1 atom stereocenters. The molecule has 0 aromatic carbocycles.